The lowest BCUT2D eigenvalue weighted by molar-refractivity contribution is 0.454. The quantitative estimate of drug-likeness (QED) is 0.751. The van der Waals surface area contributed by atoms with Gasteiger partial charge in [0.2, 0.25) is 0 Å². The minimum atomic E-state index is 0.725. The van der Waals surface area contributed by atoms with E-state index >= 15 is 0 Å². The Hall–Kier alpha value is -1.15. The van der Waals surface area contributed by atoms with Crippen LogP contribution < -0.4 is 5.32 Å². The van der Waals surface area contributed by atoms with Crippen LogP contribution in [-0.4, -0.2) is 18.1 Å². The van der Waals surface area contributed by atoms with Crippen molar-refractivity contribution in [1.29, 1.82) is 0 Å². The van der Waals surface area contributed by atoms with Gasteiger partial charge >= 0.3 is 0 Å². The SMILES string of the molecule is C1=C(c2cccnc2)[C@@H]2CNC[C@@H]2CC1. The lowest BCUT2D eigenvalue weighted by Crippen LogP contribution is -2.17. The van der Waals surface area contributed by atoms with Gasteiger partial charge in [-0.1, -0.05) is 12.1 Å². The maximum Gasteiger partial charge on any atom is 0.0343 e. The Morgan fingerprint density at radius 3 is 3.20 bits per heavy atom. The molecule has 0 unspecified atom stereocenters. The second-order valence-corrected chi connectivity index (χ2v) is 4.50. The van der Waals surface area contributed by atoms with Gasteiger partial charge in [-0.25, -0.2) is 0 Å². The van der Waals surface area contributed by atoms with Crippen LogP contribution in [0.2, 0.25) is 0 Å². The van der Waals surface area contributed by atoms with Crippen LogP contribution in [0.15, 0.2) is 30.6 Å². The van der Waals surface area contributed by atoms with Crippen molar-refractivity contribution < 1.29 is 0 Å². The van der Waals surface area contributed by atoms with E-state index in [-0.39, 0.29) is 0 Å². The molecule has 1 fully saturated rings. The molecule has 1 N–H and O–H groups in total. The molecule has 1 aromatic heterocycles. The zero-order chi connectivity index (χ0) is 10.1. The molecule has 0 saturated carbocycles. The fraction of sp³-hybridized carbons (Fsp3) is 0.462. The van der Waals surface area contributed by atoms with E-state index < -0.39 is 0 Å². The molecule has 1 saturated heterocycles. The fourth-order valence-electron chi connectivity index (χ4n) is 2.87. The third-order valence-electron chi connectivity index (χ3n) is 3.64. The van der Waals surface area contributed by atoms with Crippen LogP contribution in [-0.2, 0) is 0 Å². The molecule has 2 atom stereocenters. The van der Waals surface area contributed by atoms with E-state index in [0.717, 1.165) is 18.4 Å². The highest BCUT2D eigenvalue weighted by atomic mass is 14.9. The summed E-state index contributed by atoms with van der Waals surface area (Å²) < 4.78 is 0. The molecule has 2 aliphatic rings. The van der Waals surface area contributed by atoms with Gasteiger partial charge in [0, 0.05) is 24.9 Å². The number of hydrogen-bond donors (Lipinski definition) is 1. The molecule has 0 bridgehead atoms. The molecule has 3 rings (SSSR count). The Kier molecular flexibility index (Phi) is 2.29. The highest BCUT2D eigenvalue weighted by Gasteiger charge is 2.32. The molecule has 0 radical (unpaired) electrons. The summed E-state index contributed by atoms with van der Waals surface area (Å²) in [6.07, 6.45) is 8.82. The van der Waals surface area contributed by atoms with Crippen LogP contribution in [0.5, 0.6) is 0 Å². The van der Waals surface area contributed by atoms with Crippen molar-refractivity contribution in [3.05, 3.63) is 36.2 Å². The van der Waals surface area contributed by atoms with Gasteiger partial charge < -0.3 is 5.32 Å². The number of allylic oxidation sites excluding steroid dienone is 1. The monoisotopic (exact) mass is 200 g/mol. The molecular formula is C13H16N2. The zero-order valence-electron chi connectivity index (χ0n) is 8.82. The van der Waals surface area contributed by atoms with Gasteiger partial charge in [-0.05, 0) is 42.5 Å². The molecule has 1 aromatic rings. The van der Waals surface area contributed by atoms with Gasteiger partial charge in [-0.15, -0.1) is 0 Å². The van der Waals surface area contributed by atoms with Crippen LogP contribution in [0.4, 0.5) is 0 Å². The summed E-state index contributed by atoms with van der Waals surface area (Å²) in [4.78, 5) is 4.21. The Morgan fingerprint density at radius 2 is 2.33 bits per heavy atom. The summed E-state index contributed by atoms with van der Waals surface area (Å²) in [7, 11) is 0. The van der Waals surface area contributed by atoms with E-state index in [1.807, 2.05) is 18.5 Å². The lowest BCUT2D eigenvalue weighted by atomic mass is 9.78. The predicted octanol–water partition coefficient (Wildman–Crippen LogP) is 2.09. The predicted molar refractivity (Wildman–Crippen MR) is 61.3 cm³/mol. The number of aromatic nitrogens is 1. The Morgan fingerprint density at radius 1 is 1.33 bits per heavy atom. The minimum Gasteiger partial charge on any atom is -0.316 e. The molecule has 0 aromatic carbocycles. The second kappa shape index (κ2) is 3.78. The van der Waals surface area contributed by atoms with Crippen LogP contribution in [0.3, 0.4) is 0 Å². The summed E-state index contributed by atoms with van der Waals surface area (Å²) in [6, 6.07) is 4.21. The van der Waals surface area contributed by atoms with E-state index in [1.54, 1.807) is 0 Å². The topological polar surface area (TPSA) is 24.9 Å². The number of rotatable bonds is 1. The standard InChI is InChI=1S/C13H16N2/c1-3-11-8-15-9-13(11)12(5-1)10-4-2-6-14-7-10/h2,4-7,11,13,15H,1,3,8-9H2/t11-,13+/m0/s1. The smallest absolute Gasteiger partial charge is 0.0343 e. The van der Waals surface area contributed by atoms with Crippen molar-refractivity contribution in [3.63, 3.8) is 0 Å². The van der Waals surface area contributed by atoms with E-state index in [1.165, 1.54) is 30.5 Å². The van der Waals surface area contributed by atoms with Crippen molar-refractivity contribution in [2.75, 3.05) is 13.1 Å². The van der Waals surface area contributed by atoms with Gasteiger partial charge in [0.1, 0.15) is 0 Å². The van der Waals surface area contributed by atoms with E-state index in [4.69, 9.17) is 0 Å². The normalized spacial score (nSPS) is 29.7. The summed E-state index contributed by atoms with van der Waals surface area (Å²) in [5.74, 6) is 1.58. The third-order valence-corrected chi connectivity index (χ3v) is 3.64. The molecule has 1 aliphatic heterocycles. The van der Waals surface area contributed by atoms with Crippen LogP contribution >= 0.6 is 0 Å². The van der Waals surface area contributed by atoms with Crippen molar-refractivity contribution in [3.8, 4) is 0 Å². The molecule has 15 heavy (non-hydrogen) atoms. The molecule has 2 heterocycles. The largest absolute Gasteiger partial charge is 0.316 e. The number of hydrogen-bond acceptors (Lipinski definition) is 2. The van der Waals surface area contributed by atoms with Crippen LogP contribution in [0.1, 0.15) is 18.4 Å². The number of nitrogens with zero attached hydrogens (tertiary/aromatic N) is 1. The first-order chi connectivity index (χ1) is 7.45. The number of pyridine rings is 1. The fourth-order valence-corrected chi connectivity index (χ4v) is 2.87. The highest BCUT2D eigenvalue weighted by Crippen LogP contribution is 2.38. The summed E-state index contributed by atoms with van der Waals surface area (Å²) >= 11 is 0. The highest BCUT2D eigenvalue weighted by molar-refractivity contribution is 5.68. The van der Waals surface area contributed by atoms with E-state index in [0.29, 0.717) is 0 Å². The molecule has 0 amide bonds. The van der Waals surface area contributed by atoms with Gasteiger partial charge in [0.15, 0.2) is 0 Å². The molecule has 2 nitrogen and oxygen atoms in total. The lowest BCUT2D eigenvalue weighted by Gasteiger charge is -2.26. The Balaban J connectivity index is 1.95. The minimum absolute atomic E-state index is 0.725. The van der Waals surface area contributed by atoms with Gasteiger partial charge in [0.25, 0.3) is 0 Å². The summed E-state index contributed by atoms with van der Waals surface area (Å²) in [5.41, 5.74) is 2.83. The van der Waals surface area contributed by atoms with Crippen molar-refractivity contribution in [2.45, 2.75) is 12.8 Å². The second-order valence-electron chi connectivity index (χ2n) is 4.50. The summed E-state index contributed by atoms with van der Waals surface area (Å²) in [6.45, 7) is 2.34. The van der Waals surface area contributed by atoms with Crippen LogP contribution in [0, 0.1) is 11.8 Å². The zero-order valence-corrected chi connectivity index (χ0v) is 8.82. The first-order valence-electron chi connectivity index (χ1n) is 5.76. The van der Waals surface area contributed by atoms with Gasteiger partial charge in [-0.2, -0.15) is 0 Å². The Labute approximate surface area is 90.4 Å². The van der Waals surface area contributed by atoms with Crippen molar-refractivity contribution in [2.24, 2.45) is 11.8 Å². The first kappa shape index (κ1) is 9.10. The molecule has 78 valence electrons. The van der Waals surface area contributed by atoms with E-state index in [9.17, 15) is 0 Å². The third kappa shape index (κ3) is 1.59. The van der Waals surface area contributed by atoms with Crippen molar-refractivity contribution >= 4 is 5.57 Å². The first-order valence-corrected chi connectivity index (χ1v) is 5.76. The maximum atomic E-state index is 4.21. The molecule has 2 heteroatoms. The van der Waals surface area contributed by atoms with E-state index in [2.05, 4.69) is 22.4 Å². The molecule has 0 spiro atoms. The average molecular weight is 200 g/mol. The van der Waals surface area contributed by atoms with Gasteiger partial charge in [-0.3, -0.25) is 4.98 Å². The summed E-state index contributed by atoms with van der Waals surface area (Å²) in [5, 5.41) is 3.50. The maximum absolute atomic E-state index is 4.21. The molecular weight excluding hydrogens is 184 g/mol. The number of nitrogens with one attached hydrogen (secondary N) is 1. The van der Waals surface area contributed by atoms with Crippen molar-refractivity contribution in [1.82, 2.24) is 10.3 Å². The Bertz CT molecular complexity index is 369. The average Bonchev–Trinajstić information content (AvgIpc) is 2.78. The van der Waals surface area contributed by atoms with Gasteiger partial charge in [0.05, 0.1) is 0 Å². The van der Waals surface area contributed by atoms with Crippen LogP contribution in [0.25, 0.3) is 5.57 Å². The number of fused-ring (bicyclic) bond motifs is 1. The molecule has 1 aliphatic carbocycles.